The van der Waals surface area contributed by atoms with Crippen LogP contribution in [0.2, 0.25) is 0 Å². The molecule has 2 aliphatic heterocycles. The molecule has 2 aromatic carbocycles. The highest BCUT2D eigenvalue weighted by Crippen LogP contribution is 2.34. The maximum atomic E-state index is 12.2. The summed E-state index contributed by atoms with van der Waals surface area (Å²) in [5.74, 6) is 1.66. The Morgan fingerprint density at radius 1 is 1.00 bits per heavy atom. The fourth-order valence-electron chi connectivity index (χ4n) is 2.81. The summed E-state index contributed by atoms with van der Waals surface area (Å²) < 4.78 is 16.1. The van der Waals surface area contributed by atoms with Crippen LogP contribution in [0.25, 0.3) is 11.8 Å². The van der Waals surface area contributed by atoms with Gasteiger partial charge in [0.25, 0.3) is 0 Å². The van der Waals surface area contributed by atoms with Crippen LogP contribution in [0, 0.1) is 13.8 Å². The number of rotatable bonds is 2. The molecule has 0 N–H and O–H groups in total. The van der Waals surface area contributed by atoms with Crippen LogP contribution in [0.15, 0.2) is 48.0 Å². The van der Waals surface area contributed by atoms with Crippen molar-refractivity contribution < 1.29 is 19.0 Å². The number of carbonyl (C=O) groups excluding carboxylic acids is 1. The highest BCUT2D eigenvalue weighted by molar-refractivity contribution is 6.05. The number of ether oxygens (including phenoxy) is 3. The lowest BCUT2D eigenvalue weighted by molar-refractivity contribution is -0.130. The minimum atomic E-state index is -0.344. The van der Waals surface area contributed by atoms with E-state index >= 15 is 0 Å². The predicted octanol–water partition coefficient (Wildman–Crippen LogP) is 4.01. The first kappa shape index (κ1) is 14.6. The molecule has 0 unspecified atom stereocenters. The Labute approximate surface area is 140 Å². The van der Waals surface area contributed by atoms with Gasteiger partial charge in [0.15, 0.2) is 11.5 Å². The fourth-order valence-corrected chi connectivity index (χ4v) is 2.81. The molecule has 0 atom stereocenters. The number of fused-ring (bicyclic) bond motifs is 1. The summed E-state index contributed by atoms with van der Waals surface area (Å²) in [6, 6.07) is 11.7. The van der Waals surface area contributed by atoms with E-state index in [0.29, 0.717) is 17.1 Å². The van der Waals surface area contributed by atoms with Crippen LogP contribution in [0.4, 0.5) is 0 Å². The number of benzene rings is 2. The van der Waals surface area contributed by atoms with Crippen LogP contribution < -0.4 is 9.47 Å². The summed E-state index contributed by atoms with van der Waals surface area (Å²) in [4.78, 5) is 12.2. The SMILES string of the molecule is Cc1ccc(C)c(C2=C/C(=C/c3ccc4c(c3)OCO4)C(=O)O2)c1. The van der Waals surface area contributed by atoms with Crippen molar-refractivity contribution in [2.45, 2.75) is 13.8 Å². The topological polar surface area (TPSA) is 44.8 Å². The van der Waals surface area contributed by atoms with Crippen LogP contribution in [0.1, 0.15) is 22.3 Å². The summed E-state index contributed by atoms with van der Waals surface area (Å²) >= 11 is 0. The number of cyclic esters (lactones) is 1. The van der Waals surface area contributed by atoms with Crippen molar-refractivity contribution in [1.82, 2.24) is 0 Å². The molecule has 0 saturated heterocycles. The predicted molar refractivity (Wildman–Crippen MR) is 90.5 cm³/mol. The number of hydrogen-bond donors (Lipinski definition) is 0. The van der Waals surface area contributed by atoms with Crippen molar-refractivity contribution in [3.63, 3.8) is 0 Å². The fraction of sp³-hybridized carbons (Fsp3) is 0.150. The van der Waals surface area contributed by atoms with Crippen molar-refractivity contribution in [2.75, 3.05) is 6.79 Å². The third-order valence-electron chi connectivity index (χ3n) is 4.10. The van der Waals surface area contributed by atoms with Crippen LogP contribution in [-0.4, -0.2) is 12.8 Å². The second-order valence-electron chi connectivity index (χ2n) is 5.93. The third kappa shape index (κ3) is 2.56. The van der Waals surface area contributed by atoms with Gasteiger partial charge in [0.2, 0.25) is 6.79 Å². The second-order valence-corrected chi connectivity index (χ2v) is 5.93. The Bertz CT molecular complexity index is 906. The average molecular weight is 320 g/mol. The molecule has 0 amide bonds. The first-order valence-corrected chi connectivity index (χ1v) is 7.73. The number of hydrogen-bond acceptors (Lipinski definition) is 4. The zero-order chi connectivity index (χ0) is 16.7. The molecule has 0 aliphatic carbocycles. The van der Waals surface area contributed by atoms with E-state index in [-0.39, 0.29) is 12.8 Å². The molecular formula is C20H16O4. The maximum absolute atomic E-state index is 12.2. The lowest BCUT2D eigenvalue weighted by Gasteiger charge is -2.06. The minimum Gasteiger partial charge on any atom is -0.454 e. The van der Waals surface area contributed by atoms with Gasteiger partial charge in [-0.25, -0.2) is 4.79 Å². The van der Waals surface area contributed by atoms with Gasteiger partial charge in [-0.1, -0.05) is 23.8 Å². The smallest absolute Gasteiger partial charge is 0.343 e. The van der Waals surface area contributed by atoms with Gasteiger partial charge < -0.3 is 14.2 Å². The van der Waals surface area contributed by atoms with Gasteiger partial charge >= 0.3 is 5.97 Å². The van der Waals surface area contributed by atoms with Gasteiger partial charge in [0, 0.05) is 5.56 Å². The monoisotopic (exact) mass is 320 g/mol. The largest absolute Gasteiger partial charge is 0.454 e. The standard InChI is InChI=1S/C20H16O4/c1-12-3-4-13(2)16(7-12)18-10-15(20(21)24-18)8-14-5-6-17-19(9-14)23-11-22-17/h3-10H,11H2,1-2H3/b15-8-. The lowest BCUT2D eigenvalue weighted by atomic mass is 10.0. The van der Waals surface area contributed by atoms with E-state index in [1.54, 1.807) is 12.2 Å². The number of aryl methyl sites for hydroxylation is 2. The summed E-state index contributed by atoms with van der Waals surface area (Å²) in [6.45, 7) is 4.25. The molecule has 0 bridgehead atoms. The molecule has 0 fully saturated rings. The molecule has 0 saturated carbocycles. The van der Waals surface area contributed by atoms with E-state index in [1.807, 2.05) is 50.2 Å². The first-order valence-electron chi connectivity index (χ1n) is 7.73. The van der Waals surface area contributed by atoms with Gasteiger partial charge in [-0.15, -0.1) is 0 Å². The Kier molecular flexibility index (Phi) is 3.38. The maximum Gasteiger partial charge on any atom is 0.343 e. The van der Waals surface area contributed by atoms with Crippen molar-refractivity contribution >= 4 is 17.8 Å². The van der Waals surface area contributed by atoms with Crippen molar-refractivity contribution in [3.8, 4) is 11.5 Å². The van der Waals surface area contributed by atoms with E-state index in [4.69, 9.17) is 14.2 Å². The summed E-state index contributed by atoms with van der Waals surface area (Å²) in [5, 5.41) is 0. The number of carbonyl (C=O) groups is 1. The average Bonchev–Trinajstić information content (AvgIpc) is 3.16. The van der Waals surface area contributed by atoms with Crippen LogP contribution >= 0.6 is 0 Å². The molecule has 2 heterocycles. The quantitative estimate of drug-likeness (QED) is 0.619. The molecule has 0 radical (unpaired) electrons. The summed E-state index contributed by atoms with van der Waals surface area (Å²) in [6.07, 6.45) is 3.58. The molecule has 24 heavy (non-hydrogen) atoms. The lowest BCUT2D eigenvalue weighted by Crippen LogP contribution is -1.98. The van der Waals surface area contributed by atoms with Crippen molar-refractivity contribution in [3.05, 3.63) is 70.3 Å². The van der Waals surface area contributed by atoms with E-state index in [2.05, 4.69) is 0 Å². The van der Waals surface area contributed by atoms with E-state index in [1.165, 1.54) is 0 Å². The molecule has 120 valence electrons. The number of esters is 1. The molecular weight excluding hydrogens is 304 g/mol. The second kappa shape index (κ2) is 5.57. The third-order valence-corrected chi connectivity index (χ3v) is 4.10. The summed E-state index contributed by atoms with van der Waals surface area (Å²) in [5.41, 5.74) is 4.52. The van der Waals surface area contributed by atoms with Crippen LogP contribution in [0.3, 0.4) is 0 Å². The minimum absolute atomic E-state index is 0.230. The van der Waals surface area contributed by atoms with E-state index < -0.39 is 0 Å². The molecule has 4 nitrogen and oxygen atoms in total. The molecule has 4 rings (SSSR count). The summed E-state index contributed by atoms with van der Waals surface area (Å²) in [7, 11) is 0. The van der Waals surface area contributed by atoms with E-state index in [0.717, 1.165) is 28.0 Å². The van der Waals surface area contributed by atoms with Gasteiger partial charge in [0.1, 0.15) is 5.76 Å². The molecule has 2 aromatic rings. The Morgan fingerprint density at radius 3 is 2.71 bits per heavy atom. The van der Waals surface area contributed by atoms with Gasteiger partial charge in [-0.3, -0.25) is 0 Å². The highest BCUT2D eigenvalue weighted by atomic mass is 16.7. The highest BCUT2D eigenvalue weighted by Gasteiger charge is 2.23. The zero-order valence-electron chi connectivity index (χ0n) is 13.5. The van der Waals surface area contributed by atoms with Crippen LogP contribution in [-0.2, 0) is 9.53 Å². The molecule has 4 heteroatoms. The normalized spacial score (nSPS) is 17.2. The van der Waals surface area contributed by atoms with Crippen LogP contribution in [0.5, 0.6) is 11.5 Å². The molecule has 0 spiro atoms. The Hall–Kier alpha value is -3.01. The zero-order valence-corrected chi connectivity index (χ0v) is 13.5. The first-order chi connectivity index (χ1) is 11.6. The van der Waals surface area contributed by atoms with Crippen molar-refractivity contribution in [2.24, 2.45) is 0 Å². The van der Waals surface area contributed by atoms with Crippen molar-refractivity contribution in [1.29, 1.82) is 0 Å². The molecule has 2 aliphatic rings. The van der Waals surface area contributed by atoms with E-state index in [9.17, 15) is 4.79 Å². The van der Waals surface area contributed by atoms with Gasteiger partial charge in [-0.05, 0) is 55.3 Å². The van der Waals surface area contributed by atoms with Gasteiger partial charge in [-0.2, -0.15) is 0 Å². The molecule has 0 aromatic heterocycles. The Balaban J connectivity index is 1.70. The van der Waals surface area contributed by atoms with Gasteiger partial charge in [0.05, 0.1) is 5.57 Å². The Morgan fingerprint density at radius 2 is 1.83 bits per heavy atom.